The Labute approximate surface area is 243 Å². The van der Waals surface area contributed by atoms with Crippen molar-refractivity contribution in [1.29, 1.82) is 0 Å². The van der Waals surface area contributed by atoms with Crippen LogP contribution in [0.4, 0.5) is 20.2 Å². The average Bonchev–Trinajstić information content (AvgIpc) is 3.65. The van der Waals surface area contributed by atoms with Gasteiger partial charge in [0.15, 0.2) is 0 Å². The van der Waals surface area contributed by atoms with Gasteiger partial charge in [-0.1, -0.05) is 13.3 Å². The van der Waals surface area contributed by atoms with Crippen LogP contribution in [0.3, 0.4) is 0 Å². The number of aromatic nitrogens is 1. The summed E-state index contributed by atoms with van der Waals surface area (Å²) in [6.45, 7) is 4.45. The summed E-state index contributed by atoms with van der Waals surface area (Å²) in [6, 6.07) is 5.80. The first-order valence-electron chi connectivity index (χ1n) is 14.6. The van der Waals surface area contributed by atoms with Gasteiger partial charge in [0.05, 0.1) is 35.3 Å². The third-order valence-electron chi connectivity index (χ3n) is 7.90. The Morgan fingerprint density at radius 3 is 2.74 bits per heavy atom. The third-order valence-corrected chi connectivity index (χ3v) is 7.90. The van der Waals surface area contributed by atoms with E-state index in [0.29, 0.717) is 41.8 Å². The molecule has 0 radical (unpaired) electrons. The molecule has 11 heteroatoms. The van der Waals surface area contributed by atoms with Crippen molar-refractivity contribution < 1.29 is 27.9 Å². The standard InChI is InChI=1S/C31H37F2N5O4/c1-2-3-10-38-11-8-34-29-24(31-35-9-12-42-31)16-20(17-26(29)38)30(41)37-25(15-19-13-21(32)18-22(33)14-19)27(39)6-4-23-5-7-28(40)36-23/h9,12-14,16-18,23,25,27,34,39H,2-8,10-11,15H2,1H3,(H,36,40)(H,37,41). The van der Waals surface area contributed by atoms with Gasteiger partial charge in [0.2, 0.25) is 11.8 Å². The number of carbonyl (C=O) groups is 2. The maximum absolute atomic E-state index is 14.0. The zero-order chi connectivity index (χ0) is 29.6. The number of anilines is 2. The maximum Gasteiger partial charge on any atom is 0.251 e. The minimum absolute atomic E-state index is 0.0142. The molecule has 2 aliphatic heterocycles. The summed E-state index contributed by atoms with van der Waals surface area (Å²) < 4.78 is 33.6. The van der Waals surface area contributed by atoms with E-state index in [9.17, 15) is 23.5 Å². The molecule has 9 nitrogen and oxygen atoms in total. The van der Waals surface area contributed by atoms with Gasteiger partial charge in [-0.25, -0.2) is 13.8 Å². The quantitative estimate of drug-likeness (QED) is 0.250. The van der Waals surface area contributed by atoms with Gasteiger partial charge in [-0.15, -0.1) is 0 Å². The number of nitrogens with one attached hydrogen (secondary N) is 3. The van der Waals surface area contributed by atoms with E-state index >= 15 is 0 Å². The summed E-state index contributed by atoms with van der Waals surface area (Å²) in [4.78, 5) is 32.0. The maximum atomic E-state index is 14.0. The molecule has 1 aromatic heterocycles. The summed E-state index contributed by atoms with van der Waals surface area (Å²) in [5, 5.41) is 20.5. The van der Waals surface area contributed by atoms with Gasteiger partial charge in [-0.2, -0.15) is 0 Å². The normalized spacial score (nSPS) is 17.8. The molecule has 0 bridgehead atoms. The smallest absolute Gasteiger partial charge is 0.251 e. The summed E-state index contributed by atoms with van der Waals surface area (Å²) >= 11 is 0. The van der Waals surface area contributed by atoms with Crippen LogP contribution >= 0.6 is 0 Å². The van der Waals surface area contributed by atoms with Crippen molar-refractivity contribution in [3.63, 3.8) is 0 Å². The molecule has 2 aromatic carbocycles. The predicted octanol–water partition coefficient (Wildman–Crippen LogP) is 4.41. The van der Waals surface area contributed by atoms with E-state index in [1.165, 1.54) is 18.4 Å². The van der Waals surface area contributed by atoms with Crippen molar-refractivity contribution in [2.75, 3.05) is 29.9 Å². The lowest BCUT2D eigenvalue weighted by Crippen LogP contribution is -2.45. The number of amides is 2. The average molecular weight is 582 g/mol. The molecule has 2 amide bonds. The number of nitrogens with zero attached hydrogens (tertiary/aromatic N) is 2. The fourth-order valence-electron chi connectivity index (χ4n) is 5.72. The molecule has 1 saturated heterocycles. The molecule has 4 N–H and O–H groups in total. The van der Waals surface area contributed by atoms with E-state index in [2.05, 4.69) is 32.8 Å². The number of benzene rings is 2. The van der Waals surface area contributed by atoms with Crippen molar-refractivity contribution in [3.05, 3.63) is 65.6 Å². The van der Waals surface area contributed by atoms with Crippen LogP contribution in [0.5, 0.6) is 0 Å². The van der Waals surface area contributed by atoms with Crippen LogP contribution in [0, 0.1) is 11.6 Å². The lowest BCUT2D eigenvalue weighted by molar-refractivity contribution is -0.119. The summed E-state index contributed by atoms with van der Waals surface area (Å²) in [6.07, 6.45) is 5.95. The highest BCUT2D eigenvalue weighted by Crippen LogP contribution is 2.39. The molecule has 3 heterocycles. The number of oxazole rings is 1. The molecule has 5 rings (SSSR count). The summed E-state index contributed by atoms with van der Waals surface area (Å²) in [5.74, 6) is -1.56. The molecule has 2 aliphatic rings. The first-order chi connectivity index (χ1) is 20.3. The van der Waals surface area contributed by atoms with Crippen LogP contribution in [-0.4, -0.2) is 59.7 Å². The fraction of sp³-hybridized carbons (Fsp3) is 0.452. The van der Waals surface area contributed by atoms with E-state index < -0.39 is 29.7 Å². The Hall–Kier alpha value is -3.99. The molecule has 3 atom stereocenters. The largest absolute Gasteiger partial charge is 0.444 e. The number of rotatable bonds is 12. The minimum Gasteiger partial charge on any atom is -0.444 e. The van der Waals surface area contributed by atoms with E-state index in [-0.39, 0.29) is 24.8 Å². The van der Waals surface area contributed by atoms with Gasteiger partial charge in [-0.3, -0.25) is 9.59 Å². The highest BCUT2D eigenvalue weighted by molar-refractivity contribution is 6.00. The monoisotopic (exact) mass is 581 g/mol. The van der Waals surface area contributed by atoms with E-state index in [1.54, 1.807) is 12.3 Å². The summed E-state index contributed by atoms with van der Waals surface area (Å²) in [7, 11) is 0. The van der Waals surface area contributed by atoms with Crippen molar-refractivity contribution >= 4 is 23.2 Å². The van der Waals surface area contributed by atoms with Crippen molar-refractivity contribution in [2.24, 2.45) is 0 Å². The van der Waals surface area contributed by atoms with Gasteiger partial charge >= 0.3 is 0 Å². The summed E-state index contributed by atoms with van der Waals surface area (Å²) in [5.41, 5.74) is 2.99. The number of aliphatic hydroxyl groups excluding tert-OH is 1. The number of fused-ring (bicyclic) bond motifs is 1. The molecular weight excluding hydrogens is 544 g/mol. The number of unbranched alkanes of at least 4 members (excludes halogenated alkanes) is 1. The van der Waals surface area contributed by atoms with E-state index in [0.717, 1.165) is 49.9 Å². The Morgan fingerprint density at radius 1 is 1.24 bits per heavy atom. The van der Waals surface area contributed by atoms with Crippen molar-refractivity contribution in [1.82, 2.24) is 15.6 Å². The van der Waals surface area contributed by atoms with Gasteiger partial charge in [0, 0.05) is 43.7 Å². The molecule has 0 spiro atoms. The number of halogens is 2. The topological polar surface area (TPSA) is 120 Å². The van der Waals surface area contributed by atoms with Crippen molar-refractivity contribution in [3.8, 4) is 11.5 Å². The van der Waals surface area contributed by atoms with Crippen molar-refractivity contribution in [2.45, 2.75) is 70.1 Å². The number of aliphatic hydroxyl groups is 1. The van der Waals surface area contributed by atoms with Crippen LogP contribution in [-0.2, 0) is 11.2 Å². The molecular formula is C31H37F2N5O4. The molecule has 1 fully saturated rings. The second kappa shape index (κ2) is 13.3. The number of carbonyl (C=O) groups excluding carboxylic acids is 2. The zero-order valence-corrected chi connectivity index (χ0v) is 23.7. The highest BCUT2D eigenvalue weighted by atomic mass is 19.1. The molecule has 0 aliphatic carbocycles. The van der Waals surface area contributed by atoms with Crippen LogP contribution in [0.25, 0.3) is 11.5 Å². The Kier molecular flexibility index (Phi) is 9.36. The second-order valence-electron chi connectivity index (χ2n) is 11.0. The predicted molar refractivity (Wildman–Crippen MR) is 155 cm³/mol. The Morgan fingerprint density at radius 2 is 2.05 bits per heavy atom. The molecule has 0 saturated carbocycles. The third kappa shape index (κ3) is 7.07. The highest BCUT2D eigenvalue weighted by Gasteiger charge is 2.29. The van der Waals surface area contributed by atoms with E-state index in [1.807, 2.05) is 6.07 Å². The molecule has 224 valence electrons. The lowest BCUT2D eigenvalue weighted by Gasteiger charge is -2.33. The first-order valence-corrected chi connectivity index (χ1v) is 14.6. The first kappa shape index (κ1) is 29.5. The van der Waals surface area contributed by atoms with Crippen LogP contribution in [0.1, 0.15) is 61.4 Å². The molecule has 3 aromatic rings. The van der Waals surface area contributed by atoms with E-state index in [4.69, 9.17) is 4.42 Å². The SMILES string of the molecule is CCCCN1CCNc2c(-c3ncco3)cc(C(=O)NC(Cc3cc(F)cc(F)c3)C(O)CCC3CCC(=O)N3)cc21. The fourth-order valence-corrected chi connectivity index (χ4v) is 5.72. The molecule has 42 heavy (non-hydrogen) atoms. The van der Waals surface area contributed by atoms with Gasteiger partial charge < -0.3 is 30.4 Å². The zero-order valence-electron chi connectivity index (χ0n) is 23.7. The van der Waals surface area contributed by atoms with Gasteiger partial charge in [0.1, 0.15) is 17.9 Å². The number of hydrogen-bond donors (Lipinski definition) is 4. The van der Waals surface area contributed by atoms with Crippen LogP contribution in [0.2, 0.25) is 0 Å². The Bertz CT molecular complexity index is 1380. The van der Waals surface area contributed by atoms with Gasteiger partial charge in [-0.05, 0) is 61.9 Å². The number of hydrogen-bond acceptors (Lipinski definition) is 7. The van der Waals surface area contributed by atoms with Crippen LogP contribution in [0.15, 0.2) is 47.2 Å². The Balaban J connectivity index is 1.43. The minimum atomic E-state index is -1.02. The van der Waals surface area contributed by atoms with Gasteiger partial charge in [0.25, 0.3) is 5.91 Å². The molecule has 3 unspecified atom stereocenters. The van der Waals surface area contributed by atoms with Crippen LogP contribution < -0.4 is 20.9 Å². The second-order valence-corrected chi connectivity index (χ2v) is 11.0. The lowest BCUT2D eigenvalue weighted by atomic mass is 9.95.